The van der Waals surface area contributed by atoms with Crippen molar-refractivity contribution in [2.75, 3.05) is 32.8 Å². The van der Waals surface area contributed by atoms with Crippen molar-refractivity contribution in [3.05, 3.63) is 64.7 Å². The Kier molecular flexibility index (Phi) is 5.95. The number of hydrogen-bond acceptors (Lipinski definition) is 3. The van der Waals surface area contributed by atoms with Crippen molar-refractivity contribution in [2.45, 2.75) is 13.5 Å². The van der Waals surface area contributed by atoms with Crippen LogP contribution >= 0.6 is 11.6 Å². The van der Waals surface area contributed by atoms with Gasteiger partial charge >= 0.3 is 0 Å². The predicted octanol–water partition coefficient (Wildman–Crippen LogP) is 3.37. The number of rotatable bonds is 5. The maximum Gasteiger partial charge on any atom is 0.260 e. The summed E-state index contributed by atoms with van der Waals surface area (Å²) >= 11 is 5.84. The third-order valence-corrected chi connectivity index (χ3v) is 4.64. The summed E-state index contributed by atoms with van der Waals surface area (Å²) in [7, 11) is 0. The highest BCUT2D eigenvalue weighted by molar-refractivity contribution is 6.30. The third-order valence-electron chi connectivity index (χ3n) is 4.39. The fraction of sp³-hybridized carbons (Fsp3) is 0.350. The van der Waals surface area contributed by atoms with E-state index in [0.29, 0.717) is 10.8 Å². The molecule has 0 bridgehead atoms. The zero-order chi connectivity index (χ0) is 17.6. The largest absolute Gasteiger partial charge is 0.484 e. The molecule has 1 aliphatic rings. The molecule has 5 heteroatoms. The van der Waals surface area contributed by atoms with Crippen LogP contribution in [0.4, 0.5) is 0 Å². The van der Waals surface area contributed by atoms with Gasteiger partial charge in [-0.3, -0.25) is 9.69 Å². The van der Waals surface area contributed by atoms with Gasteiger partial charge < -0.3 is 9.64 Å². The van der Waals surface area contributed by atoms with Gasteiger partial charge in [0.05, 0.1) is 0 Å². The van der Waals surface area contributed by atoms with Crippen molar-refractivity contribution in [2.24, 2.45) is 0 Å². The van der Waals surface area contributed by atoms with Gasteiger partial charge in [-0.1, -0.05) is 41.4 Å². The lowest BCUT2D eigenvalue weighted by Gasteiger charge is -2.34. The molecule has 0 aliphatic carbocycles. The number of carbonyl (C=O) groups is 1. The number of aryl methyl sites for hydroxylation is 1. The summed E-state index contributed by atoms with van der Waals surface area (Å²) in [5.41, 5.74) is 2.61. The zero-order valence-electron chi connectivity index (χ0n) is 14.5. The molecule has 1 amide bonds. The van der Waals surface area contributed by atoms with Crippen LogP contribution in [-0.2, 0) is 11.3 Å². The summed E-state index contributed by atoms with van der Waals surface area (Å²) in [5, 5.41) is 0.656. The standard InChI is InChI=1S/C20H23ClN2O2/c1-16-3-2-4-17(13-16)14-22-9-11-23(12-10-22)20(24)15-25-19-7-5-18(21)6-8-19/h2-8,13H,9-12,14-15H2,1H3. The number of halogens is 1. The average molecular weight is 359 g/mol. The van der Waals surface area contributed by atoms with Crippen molar-refractivity contribution < 1.29 is 9.53 Å². The molecule has 4 nitrogen and oxygen atoms in total. The van der Waals surface area contributed by atoms with Crippen molar-refractivity contribution in [1.82, 2.24) is 9.80 Å². The Morgan fingerprint density at radius 3 is 2.48 bits per heavy atom. The molecule has 3 rings (SSSR count). The monoisotopic (exact) mass is 358 g/mol. The van der Waals surface area contributed by atoms with Gasteiger partial charge in [0, 0.05) is 37.7 Å². The van der Waals surface area contributed by atoms with Crippen LogP contribution in [0.5, 0.6) is 5.75 Å². The van der Waals surface area contributed by atoms with Gasteiger partial charge in [0.1, 0.15) is 5.75 Å². The highest BCUT2D eigenvalue weighted by atomic mass is 35.5. The molecule has 1 aliphatic heterocycles. The smallest absolute Gasteiger partial charge is 0.260 e. The van der Waals surface area contributed by atoms with Crippen LogP contribution in [0.2, 0.25) is 5.02 Å². The molecule has 1 saturated heterocycles. The lowest BCUT2D eigenvalue weighted by molar-refractivity contribution is -0.135. The van der Waals surface area contributed by atoms with Gasteiger partial charge in [0.2, 0.25) is 0 Å². The molecular formula is C20H23ClN2O2. The Bertz CT molecular complexity index is 710. The maximum atomic E-state index is 12.3. The minimum Gasteiger partial charge on any atom is -0.484 e. The van der Waals surface area contributed by atoms with Crippen molar-refractivity contribution in [3.63, 3.8) is 0 Å². The SMILES string of the molecule is Cc1cccc(CN2CCN(C(=O)COc3ccc(Cl)cc3)CC2)c1. The summed E-state index contributed by atoms with van der Waals surface area (Å²) in [5.74, 6) is 0.695. The van der Waals surface area contributed by atoms with Crippen molar-refractivity contribution in [3.8, 4) is 5.75 Å². The molecule has 0 N–H and O–H groups in total. The highest BCUT2D eigenvalue weighted by Crippen LogP contribution is 2.16. The van der Waals surface area contributed by atoms with E-state index in [9.17, 15) is 4.79 Å². The fourth-order valence-electron chi connectivity index (χ4n) is 2.99. The summed E-state index contributed by atoms with van der Waals surface area (Å²) in [6, 6.07) is 15.6. The van der Waals surface area contributed by atoms with Crippen LogP contribution in [-0.4, -0.2) is 48.5 Å². The summed E-state index contributed by atoms with van der Waals surface area (Å²) in [4.78, 5) is 16.6. The number of hydrogen-bond donors (Lipinski definition) is 0. The molecule has 2 aromatic carbocycles. The maximum absolute atomic E-state index is 12.3. The second-order valence-corrected chi connectivity index (χ2v) is 6.83. The van der Waals surface area contributed by atoms with Crippen molar-refractivity contribution >= 4 is 17.5 Å². The summed E-state index contributed by atoms with van der Waals surface area (Å²) in [6.07, 6.45) is 0. The minimum atomic E-state index is 0.0326. The first-order valence-corrected chi connectivity index (χ1v) is 8.92. The molecule has 1 heterocycles. The van der Waals surface area contributed by atoms with Gasteiger partial charge in [0.15, 0.2) is 6.61 Å². The first-order chi connectivity index (χ1) is 12.1. The summed E-state index contributed by atoms with van der Waals surface area (Å²) in [6.45, 7) is 6.38. The molecule has 0 unspecified atom stereocenters. The molecule has 0 aromatic heterocycles. The van der Waals surface area contributed by atoms with E-state index in [0.717, 1.165) is 32.7 Å². The molecule has 25 heavy (non-hydrogen) atoms. The van der Waals surface area contributed by atoms with E-state index < -0.39 is 0 Å². The lowest BCUT2D eigenvalue weighted by Crippen LogP contribution is -2.49. The van der Waals surface area contributed by atoms with Gasteiger partial charge in [-0.15, -0.1) is 0 Å². The van der Waals surface area contributed by atoms with Crippen LogP contribution in [0.1, 0.15) is 11.1 Å². The van der Waals surface area contributed by atoms with Gasteiger partial charge in [0.25, 0.3) is 5.91 Å². The molecule has 0 saturated carbocycles. The quantitative estimate of drug-likeness (QED) is 0.821. The Morgan fingerprint density at radius 2 is 1.80 bits per heavy atom. The van der Waals surface area contributed by atoms with E-state index in [4.69, 9.17) is 16.3 Å². The average Bonchev–Trinajstić information content (AvgIpc) is 2.62. The van der Waals surface area contributed by atoms with E-state index in [2.05, 4.69) is 36.1 Å². The number of amides is 1. The van der Waals surface area contributed by atoms with Crippen LogP contribution in [0.3, 0.4) is 0 Å². The Hall–Kier alpha value is -2.04. The van der Waals surface area contributed by atoms with E-state index in [-0.39, 0.29) is 12.5 Å². The van der Waals surface area contributed by atoms with Gasteiger partial charge in [-0.2, -0.15) is 0 Å². The topological polar surface area (TPSA) is 32.8 Å². The fourth-order valence-corrected chi connectivity index (χ4v) is 3.12. The van der Waals surface area contributed by atoms with Crippen molar-refractivity contribution in [1.29, 1.82) is 0 Å². The van der Waals surface area contributed by atoms with E-state index in [1.165, 1.54) is 11.1 Å². The van der Waals surface area contributed by atoms with Crippen LogP contribution in [0.15, 0.2) is 48.5 Å². The minimum absolute atomic E-state index is 0.0326. The third kappa shape index (κ3) is 5.21. The number of ether oxygens (including phenoxy) is 1. The zero-order valence-corrected chi connectivity index (χ0v) is 15.2. The Labute approximate surface area is 154 Å². The summed E-state index contributed by atoms with van der Waals surface area (Å²) < 4.78 is 5.55. The number of benzene rings is 2. The predicted molar refractivity (Wildman–Crippen MR) is 100.0 cm³/mol. The molecule has 0 spiro atoms. The van der Waals surface area contributed by atoms with E-state index >= 15 is 0 Å². The molecule has 0 atom stereocenters. The van der Waals surface area contributed by atoms with Gasteiger partial charge in [-0.25, -0.2) is 0 Å². The Balaban J connectivity index is 1.43. The molecule has 132 valence electrons. The molecule has 1 fully saturated rings. The molecular weight excluding hydrogens is 336 g/mol. The van der Waals surface area contributed by atoms with Crippen LogP contribution in [0, 0.1) is 6.92 Å². The normalized spacial score (nSPS) is 15.2. The van der Waals surface area contributed by atoms with Gasteiger partial charge in [-0.05, 0) is 36.8 Å². The number of nitrogens with zero attached hydrogens (tertiary/aromatic N) is 2. The second kappa shape index (κ2) is 8.37. The molecule has 0 radical (unpaired) electrons. The molecule has 2 aromatic rings. The van der Waals surface area contributed by atoms with Crippen LogP contribution < -0.4 is 4.74 Å². The van der Waals surface area contributed by atoms with Crippen LogP contribution in [0.25, 0.3) is 0 Å². The first kappa shape index (κ1) is 17.8. The van der Waals surface area contributed by atoms with E-state index in [1.807, 2.05) is 4.90 Å². The lowest BCUT2D eigenvalue weighted by atomic mass is 10.1. The van der Waals surface area contributed by atoms with E-state index in [1.54, 1.807) is 24.3 Å². The second-order valence-electron chi connectivity index (χ2n) is 6.39. The Morgan fingerprint density at radius 1 is 1.08 bits per heavy atom. The highest BCUT2D eigenvalue weighted by Gasteiger charge is 2.21. The first-order valence-electron chi connectivity index (χ1n) is 8.54. The number of carbonyl (C=O) groups excluding carboxylic acids is 1. The number of piperazine rings is 1.